The zero-order chi connectivity index (χ0) is 13.4. The minimum atomic E-state index is -0.148. The molecule has 3 rings (SSSR count). The number of aromatic amines is 1. The van der Waals surface area contributed by atoms with Crippen LogP contribution in [0.4, 0.5) is 5.69 Å². The lowest BCUT2D eigenvalue weighted by molar-refractivity contribution is 0.578. The van der Waals surface area contributed by atoms with Crippen LogP contribution in [-0.4, -0.2) is 18.1 Å². The van der Waals surface area contributed by atoms with E-state index < -0.39 is 0 Å². The number of nitrogens with one attached hydrogen (secondary N) is 1. The van der Waals surface area contributed by atoms with Crippen LogP contribution in [0.2, 0.25) is 10.0 Å². The molecular formula is C14H14Cl2N2O. The van der Waals surface area contributed by atoms with Crippen LogP contribution in [0.15, 0.2) is 23.0 Å². The van der Waals surface area contributed by atoms with Crippen molar-refractivity contribution in [3.8, 4) is 0 Å². The summed E-state index contributed by atoms with van der Waals surface area (Å²) in [7, 11) is 0. The number of H-pyrrole nitrogens is 1. The quantitative estimate of drug-likeness (QED) is 0.868. The second-order valence-corrected chi connectivity index (χ2v) is 5.64. The second-order valence-electron chi connectivity index (χ2n) is 4.85. The Hall–Kier alpha value is -1.19. The maximum absolute atomic E-state index is 11.3. The minimum absolute atomic E-state index is 0.148. The van der Waals surface area contributed by atoms with Crippen LogP contribution in [0, 0.1) is 0 Å². The molecule has 2 aromatic rings. The number of hydrogen-bond acceptors (Lipinski definition) is 2. The summed E-state index contributed by atoms with van der Waals surface area (Å²) in [6.45, 7) is 1.96. The Morgan fingerprint density at radius 2 is 1.84 bits per heavy atom. The Balaban J connectivity index is 2.19. The fraction of sp³-hybridized carbons (Fsp3) is 0.357. The van der Waals surface area contributed by atoms with Crippen LogP contribution >= 0.6 is 23.2 Å². The fourth-order valence-corrected chi connectivity index (χ4v) is 3.39. The van der Waals surface area contributed by atoms with Crippen LogP contribution in [0.1, 0.15) is 19.3 Å². The van der Waals surface area contributed by atoms with Gasteiger partial charge in [0.15, 0.2) is 0 Å². The molecule has 100 valence electrons. The Morgan fingerprint density at radius 3 is 2.58 bits per heavy atom. The molecule has 1 aromatic carbocycles. The van der Waals surface area contributed by atoms with E-state index in [1.165, 1.54) is 12.5 Å². The van der Waals surface area contributed by atoms with E-state index in [1.807, 2.05) is 0 Å². The molecule has 1 N–H and O–H groups in total. The predicted octanol–water partition coefficient (Wildman–Crippen LogP) is 3.83. The van der Waals surface area contributed by atoms with Gasteiger partial charge in [-0.25, -0.2) is 0 Å². The maximum atomic E-state index is 11.3. The lowest BCUT2D eigenvalue weighted by Crippen LogP contribution is -2.29. The molecule has 1 fully saturated rings. The molecule has 3 nitrogen and oxygen atoms in total. The second kappa shape index (κ2) is 5.06. The van der Waals surface area contributed by atoms with Crippen molar-refractivity contribution >= 4 is 39.8 Å². The van der Waals surface area contributed by atoms with Crippen molar-refractivity contribution in [3.63, 3.8) is 0 Å². The molecule has 1 aliphatic heterocycles. The molecule has 1 aromatic heterocycles. The van der Waals surface area contributed by atoms with Crippen molar-refractivity contribution < 1.29 is 0 Å². The molecule has 0 atom stereocenters. The molecular weight excluding hydrogens is 283 g/mol. The predicted molar refractivity (Wildman–Crippen MR) is 80.7 cm³/mol. The van der Waals surface area contributed by atoms with Gasteiger partial charge in [0, 0.05) is 24.5 Å². The number of aromatic nitrogens is 1. The van der Waals surface area contributed by atoms with Gasteiger partial charge in [-0.3, -0.25) is 4.79 Å². The average molecular weight is 297 g/mol. The first-order valence-electron chi connectivity index (χ1n) is 6.43. The van der Waals surface area contributed by atoms with Crippen LogP contribution < -0.4 is 10.5 Å². The molecule has 0 radical (unpaired) electrons. The van der Waals surface area contributed by atoms with Crippen LogP contribution in [0.25, 0.3) is 10.9 Å². The monoisotopic (exact) mass is 296 g/mol. The summed E-state index contributed by atoms with van der Waals surface area (Å²) < 4.78 is 0. The Morgan fingerprint density at radius 1 is 1.11 bits per heavy atom. The smallest absolute Gasteiger partial charge is 0.248 e. The zero-order valence-electron chi connectivity index (χ0n) is 10.4. The average Bonchev–Trinajstić information content (AvgIpc) is 2.39. The van der Waals surface area contributed by atoms with Gasteiger partial charge in [0.1, 0.15) is 0 Å². The number of rotatable bonds is 1. The normalized spacial score (nSPS) is 16.0. The van der Waals surface area contributed by atoms with Crippen molar-refractivity contribution in [1.29, 1.82) is 0 Å². The zero-order valence-corrected chi connectivity index (χ0v) is 11.9. The first-order chi connectivity index (χ1) is 9.16. The summed E-state index contributed by atoms with van der Waals surface area (Å²) in [4.78, 5) is 16.3. The van der Waals surface area contributed by atoms with Gasteiger partial charge in [0.05, 0.1) is 21.2 Å². The maximum Gasteiger partial charge on any atom is 0.248 e. The van der Waals surface area contributed by atoms with E-state index in [9.17, 15) is 4.79 Å². The van der Waals surface area contributed by atoms with Crippen molar-refractivity contribution in [2.75, 3.05) is 18.0 Å². The van der Waals surface area contributed by atoms with Gasteiger partial charge >= 0.3 is 0 Å². The molecule has 0 saturated carbocycles. The number of halogens is 2. The largest absolute Gasteiger partial charge is 0.369 e. The van der Waals surface area contributed by atoms with E-state index in [0.29, 0.717) is 15.6 Å². The van der Waals surface area contributed by atoms with E-state index in [1.54, 1.807) is 12.1 Å². The third-order valence-electron chi connectivity index (χ3n) is 3.56. The number of fused-ring (bicyclic) bond motifs is 1. The van der Waals surface area contributed by atoms with E-state index in [4.69, 9.17) is 23.2 Å². The topological polar surface area (TPSA) is 36.1 Å². The molecule has 5 heteroatoms. The highest BCUT2D eigenvalue weighted by Crippen LogP contribution is 2.39. The van der Waals surface area contributed by atoms with Crippen LogP contribution in [-0.2, 0) is 0 Å². The van der Waals surface area contributed by atoms with Crippen molar-refractivity contribution in [3.05, 3.63) is 38.6 Å². The molecule has 0 amide bonds. The van der Waals surface area contributed by atoms with Gasteiger partial charge in [-0.2, -0.15) is 0 Å². The van der Waals surface area contributed by atoms with E-state index in [0.717, 1.165) is 37.0 Å². The molecule has 0 spiro atoms. The summed E-state index contributed by atoms with van der Waals surface area (Å²) in [5.41, 5.74) is 1.43. The molecule has 0 unspecified atom stereocenters. The van der Waals surface area contributed by atoms with Gasteiger partial charge in [-0.05, 0) is 31.4 Å². The fourth-order valence-electron chi connectivity index (χ4n) is 2.63. The Bertz CT molecular complexity index is 675. The number of pyridine rings is 1. The SMILES string of the molecule is O=c1ccc2c(Cl)c(N3CCCCC3)c(Cl)cc2[nH]1. The molecule has 2 heterocycles. The van der Waals surface area contributed by atoms with Crippen LogP contribution in [0.3, 0.4) is 0 Å². The van der Waals surface area contributed by atoms with E-state index in [2.05, 4.69) is 9.88 Å². The molecule has 0 aliphatic carbocycles. The minimum Gasteiger partial charge on any atom is -0.369 e. The van der Waals surface area contributed by atoms with Crippen molar-refractivity contribution in [2.45, 2.75) is 19.3 Å². The number of piperidine rings is 1. The molecule has 0 bridgehead atoms. The van der Waals surface area contributed by atoms with E-state index >= 15 is 0 Å². The number of nitrogens with zero attached hydrogens (tertiary/aromatic N) is 1. The number of anilines is 1. The van der Waals surface area contributed by atoms with Crippen molar-refractivity contribution in [2.24, 2.45) is 0 Å². The van der Waals surface area contributed by atoms with Gasteiger partial charge < -0.3 is 9.88 Å². The highest BCUT2D eigenvalue weighted by molar-refractivity contribution is 6.43. The van der Waals surface area contributed by atoms with Crippen LogP contribution in [0.5, 0.6) is 0 Å². The summed E-state index contributed by atoms with van der Waals surface area (Å²) in [6, 6.07) is 5.02. The van der Waals surface area contributed by atoms with Gasteiger partial charge in [0.25, 0.3) is 0 Å². The lowest BCUT2D eigenvalue weighted by atomic mass is 10.1. The number of hydrogen-bond donors (Lipinski definition) is 1. The van der Waals surface area contributed by atoms with Gasteiger partial charge in [0.2, 0.25) is 5.56 Å². The first-order valence-corrected chi connectivity index (χ1v) is 7.18. The molecule has 1 saturated heterocycles. The summed E-state index contributed by atoms with van der Waals surface area (Å²) in [5, 5.41) is 2.06. The number of benzene rings is 1. The standard InChI is InChI=1S/C14H14Cl2N2O/c15-10-8-11-9(4-5-12(19)17-11)13(16)14(10)18-6-2-1-3-7-18/h4-5,8H,1-3,6-7H2,(H,17,19). The third-order valence-corrected chi connectivity index (χ3v) is 4.23. The Labute approximate surface area is 121 Å². The highest BCUT2D eigenvalue weighted by atomic mass is 35.5. The van der Waals surface area contributed by atoms with Gasteiger partial charge in [-0.1, -0.05) is 23.2 Å². The third kappa shape index (κ3) is 2.33. The first kappa shape index (κ1) is 12.8. The summed E-state index contributed by atoms with van der Waals surface area (Å²) >= 11 is 12.8. The molecule has 1 aliphatic rings. The lowest BCUT2D eigenvalue weighted by Gasteiger charge is -2.30. The van der Waals surface area contributed by atoms with E-state index in [-0.39, 0.29) is 5.56 Å². The van der Waals surface area contributed by atoms with Gasteiger partial charge in [-0.15, -0.1) is 0 Å². The highest BCUT2D eigenvalue weighted by Gasteiger charge is 2.19. The van der Waals surface area contributed by atoms with Crippen molar-refractivity contribution in [1.82, 2.24) is 4.98 Å². The summed E-state index contributed by atoms with van der Waals surface area (Å²) in [5.74, 6) is 0. The Kier molecular flexibility index (Phi) is 3.42. The summed E-state index contributed by atoms with van der Waals surface area (Å²) in [6.07, 6.45) is 3.58. The molecule has 19 heavy (non-hydrogen) atoms.